The molecule has 0 aliphatic carbocycles. The number of carboxylic acids is 1. The van der Waals surface area contributed by atoms with Crippen molar-refractivity contribution in [3.63, 3.8) is 0 Å². The SMILES string of the molecule is CC(O)(C(=O)O)c1ccc(Oc2ccc(Cl)cc2)cc1Br. The Morgan fingerprint density at radius 1 is 1.19 bits per heavy atom. The van der Waals surface area contributed by atoms with Crippen LogP contribution in [-0.4, -0.2) is 16.2 Å². The quantitative estimate of drug-likeness (QED) is 0.846. The van der Waals surface area contributed by atoms with Gasteiger partial charge in [-0.1, -0.05) is 33.6 Å². The summed E-state index contributed by atoms with van der Waals surface area (Å²) in [5, 5.41) is 19.6. The lowest BCUT2D eigenvalue weighted by Crippen LogP contribution is -2.32. The topological polar surface area (TPSA) is 66.8 Å². The molecule has 0 saturated heterocycles. The van der Waals surface area contributed by atoms with Gasteiger partial charge in [-0.05, 0) is 43.3 Å². The van der Waals surface area contributed by atoms with E-state index in [2.05, 4.69) is 15.9 Å². The maximum Gasteiger partial charge on any atom is 0.340 e. The van der Waals surface area contributed by atoms with Crippen molar-refractivity contribution in [2.45, 2.75) is 12.5 Å². The molecule has 6 heteroatoms. The summed E-state index contributed by atoms with van der Waals surface area (Å²) in [5.41, 5.74) is -1.73. The average Bonchev–Trinajstić information content (AvgIpc) is 2.41. The van der Waals surface area contributed by atoms with Gasteiger partial charge in [0.15, 0.2) is 5.60 Å². The molecule has 0 amide bonds. The highest BCUT2D eigenvalue weighted by molar-refractivity contribution is 9.10. The first-order valence-corrected chi connectivity index (χ1v) is 7.17. The fourth-order valence-electron chi connectivity index (χ4n) is 1.71. The lowest BCUT2D eigenvalue weighted by molar-refractivity contribution is -0.157. The molecule has 2 N–H and O–H groups in total. The molecule has 2 aromatic carbocycles. The highest BCUT2D eigenvalue weighted by Crippen LogP contribution is 2.33. The minimum Gasteiger partial charge on any atom is -0.479 e. The first-order valence-electron chi connectivity index (χ1n) is 6.00. The third-order valence-electron chi connectivity index (χ3n) is 2.93. The molecule has 0 spiro atoms. The maximum atomic E-state index is 11.1. The monoisotopic (exact) mass is 370 g/mol. The average molecular weight is 372 g/mol. The highest BCUT2D eigenvalue weighted by atomic mass is 79.9. The number of rotatable bonds is 4. The van der Waals surface area contributed by atoms with E-state index in [0.717, 1.165) is 0 Å². The van der Waals surface area contributed by atoms with Crippen molar-refractivity contribution in [2.75, 3.05) is 0 Å². The molecule has 2 rings (SSSR count). The summed E-state index contributed by atoms with van der Waals surface area (Å²) in [6, 6.07) is 11.5. The van der Waals surface area contributed by atoms with E-state index in [0.29, 0.717) is 21.0 Å². The summed E-state index contributed by atoms with van der Waals surface area (Å²) < 4.78 is 6.07. The Morgan fingerprint density at radius 2 is 1.76 bits per heavy atom. The van der Waals surface area contributed by atoms with Crippen LogP contribution in [0.25, 0.3) is 0 Å². The zero-order valence-corrected chi connectivity index (χ0v) is 13.4. The van der Waals surface area contributed by atoms with Crippen molar-refractivity contribution in [1.29, 1.82) is 0 Å². The second-order valence-corrected chi connectivity index (χ2v) is 5.87. The molecule has 4 nitrogen and oxygen atoms in total. The van der Waals surface area contributed by atoms with Crippen LogP contribution in [0.4, 0.5) is 0 Å². The van der Waals surface area contributed by atoms with Gasteiger partial charge in [-0.15, -0.1) is 0 Å². The number of benzene rings is 2. The minimum atomic E-state index is -1.97. The molecule has 0 aliphatic heterocycles. The summed E-state index contributed by atoms with van der Waals surface area (Å²) in [6.45, 7) is 1.22. The molecule has 0 radical (unpaired) electrons. The molecular weight excluding hydrogens is 360 g/mol. The number of ether oxygens (including phenoxy) is 1. The van der Waals surface area contributed by atoms with Crippen molar-refractivity contribution in [2.24, 2.45) is 0 Å². The van der Waals surface area contributed by atoms with Gasteiger partial charge in [0, 0.05) is 15.1 Å². The smallest absolute Gasteiger partial charge is 0.340 e. The Morgan fingerprint density at radius 3 is 2.29 bits per heavy atom. The molecule has 2 aromatic rings. The van der Waals surface area contributed by atoms with Gasteiger partial charge in [-0.2, -0.15) is 0 Å². The van der Waals surface area contributed by atoms with Crippen LogP contribution in [0, 0.1) is 0 Å². The van der Waals surface area contributed by atoms with Gasteiger partial charge in [-0.3, -0.25) is 0 Å². The number of carboxylic acid groups (broad SMARTS) is 1. The summed E-state index contributed by atoms with van der Waals surface area (Å²) in [6.07, 6.45) is 0. The van der Waals surface area contributed by atoms with Gasteiger partial charge in [0.05, 0.1) is 0 Å². The Balaban J connectivity index is 2.27. The van der Waals surface area contributed by atoms with Crippen LogP contribution in [-0.2, 0) is 10.4 Å². The van der Waals surface area contributed by atoms with E-state index >= 15 is 0 Å². The second kappa shape index (κ2) is 6.05. The number of aliphatic carboxylic acids is 1. The zero-order chi connectivity index (χ0) is 15.6. The van der Waals surface area contributed by atoms with Crippen LogP contribution in [0.5, 0.6) is 11.5 Å². The standard InChI is InChI=1S/C15H12BrClO4/c1-15(20,14(18)19)12-7-6-11(8-13(12)16)21-10-4-2-9(17)3-5-10/h2-8,20H,1H3,(H,18,19). The van der Waals surface area contributed by atoms with Crippen molar-refractivity contribution < 1.29 is 19.7 Å². The summed E-state index contributed by atoms with van der Waals surface area (Å²) in [4.78, 5) is 11.1. The van der Waals surface area contributed by atoms with Gasteiger partial charge in [-0.25, -0.2) is 4.79 Å². The Kier molecular flexibility index (Phi) is 4.56. The molecule has 0 aromatic heterocycles. The van der Waals surface area contributed by atoms with Crippen LogP contribution in [0.2, 0.25) is 5.02 Å². The van der Waals surface area contributed by atoms with Gasteiger partial charge in [0.2, 0.25) is 0 Å². The van der Waals surface area contributed by atoms with E-state index in [4.69, 9.17) is 21.4 Å². The van der Waals surface area contributed by atoms with E-state index in [1.807, 2.05) is 0 Å². The largest absolute Gasteiger partial charge is 0.479 e. The van der Waals surface area contributed by atoms with Crippen molar-refractivity contribution in [3.05, 3.63) is 57.5 Å². The number of halogens is 2. The van der Waals surface area contributed by atoms with Crippen molar-refractivity contribution >= 4 is 33.5 Å². The third kappa shape index (κ3) is 3.56. The first-order chi connectivity index (χ1) is 9.80. The molecule has 0 heterocycles. The lowest BCUT2D eigenvalue weighted by Gasteiger charge is -2.20. The predicted molar refractivity (Wildman–Crippen MR) is 82.9 cm³/mol. The molecule has 0 saturated carbocycles. The van der Waals surface area contributed by atoms with E-state index in [9.17, 15) is 9.90 Å². The van der Waals surface area contributed by atoms with Crippen LogP contribution in [0.15, 0.2) is 46.9 Å². The van der Waals surface area contributed by atoms with Crippen LogP contribution in [0.1, 0.15) is 12.5 Å². The van der Waals surface area contributed by atoms with Gasteiger partial charge < -0.3 is 14.9 Å². The van der Waals surface area contributed by atoms with Crippen LogP contribution < -0.4 is 4.74 Å². The molecule has 110 valence electrons. The predicted octanol–water partition coefficient (Wildman–Crippen LogP) is 4.19. The summed E-state index contributed by atoms with van der Waals surface area (Å²) in [5.74, 6) is -0.215. The van der Waals surface area contributed by atoms with Crippen molar-refractivity contribution in [1.82, 2.24) is 0 Å². The molecule has 0 aliphatic rings. The van der Waals surface area contributed by atoms with Crippen LogP contribution >= 0.6 is 27.5 Å². The first kappa shape index (κ1) is 15.8. The van der Waals surface area contributed by atoms with Gasteiger partial charge >= 0.3 is 5.97 Å². The number of hydrogen-bond acceptors (Lipinski definition) is 3. The fourth-order valence-corrected chi connectivity index (χ4v) is 2.58. The number of hydrogen-bond donors (Lipinski definition) is 2. The lowest BCUT2D eigenvalue weighted by atomic mass is 9.96. The molecule has 1 unspecified atom stereocenters. The second-order valence-electron chi connectivity index (χ2n) is 4.58. The number of carbonyl (C=O) groups is 1. The van der Waals surface area contributed by atoms with E-state index in [1.54, 1.807) is 36.4 Å². The van der Waals surface area contributed by atoms with E-state index < -0.39 is 11.6 Å². The van der Waals surface area contributed by atoms with Crippen LogP contribution in [0.3, 0.4) is 0 Å². The van der Waals surface area contributed by atoms with E-state index in [-0.39, 0.29) is 5.56 Å². The van der Waals surface area contributed by atoms with Crippen molar-refractivity contribution in [3.8, 4) is 11.5 Å². The van der Waals surface area contributed by atoms with E-state index in [1.165, 1.54) is 13.0 Å². The Bertz CT molecular complexity index is 668. The Hall–Kier alpha value is -1.56. The molecular formula is C15H12BrClO4. The van der Waals surface area contributed by atoms with Gasteiger partial charge in [0.25, 0.3) is 0 Å². The Labute approximate surface area is 135 Å². The summed E-state index contributed by atoms with van der Waals surface area (Å²) >= 11 is 9.05. The third-order valence-corrected chi connectivity index (χ3v) is 3.84. The fraction of sp³-hybridized carbons (Fsp3) is 0.133. The zero-order valence-electron chi connectivity index (χ0n) is 11.0. The molecule has 21 heavy (non-hydrogen) atoms. The minimum absolute atomic E-state index is 0.249. The maximum absolute atomic E-state index is 11.1. The highest BCUT2D eigenvalue weighted by Gasteiger charge is 2.34. The number of aliphatic hydroxyl groups is 1. The molecule has 0 bridgehead atoms. The van der Waals surface area contributed by atoms with Gasteiger partial charge in [0.1, 0.15) is 11.5 Å². The molecule has 0 fully saturated rings. The normalized spacial score (nSPS) is 13.5. The molecule has 1 atom stereocenters. The summed E-state index contributed by atoms with van der Waals surface area (Å²) in [7, 11) is 0.